The Labute approximate surface area is 102 Å². The van der Waals surface area contributed by atoms with Crippen molar-refractivity contribution in [2.75, 3.05) is 23.8 Å². The van der Waals surface area contributed by atoms with Gasteiger partial charge in [-0.15, -0.1) is 0 Å². The summed E-state index contributed by atoms with van der Waals surface area (Å²) >= 11 is 2.00. The lowest BCUT2D eigenvalue weighted by atomic mass is 10.2. The van der Waals surface area contributed by atoms with Gasteiger partial charge in [-0.3, -0.25) is 4.72 Å². The van der Waals surface area contributed by atoms with Gasteiger partial charge in [0.2, 0.25) is 10.0 Å². The first-order valence-electron chi connectivity index (χ1n) is 3.94. The van der Waals surface area contributed by atoms with E-state index in [0.29, 0.717) is 17.1 Å². The lowest BCUT2D eigenvalue weighted by molar-refractivity contribution is 0.417. The highest BCUT2D eigenvalue weighted by molar-refractivity contribution is 14.1. The molecule has 1 aromatic carbocycles. The van der Waals surface area contributed by atoms with Crippen molar-refractivity contribution in [3.05, 3.63) is 15.7 Å². The molecule has 0 aliphatic carbocycles. The fourth-order valence-corrected chi connectivity index (χ4v) is 2.40. The summed E-state index contributed by atoms with van der Waals surface area (Å²) in [6, 6.07) is 3.20. The number of nitrogens with one attached hydrogen (secondary N) is 1. The summed E-state index contributed by atoms with van der Waals surface area (Å²) in [7, 11) is -1.81. The Hall–Kier alpha value is -0.700. The van der Waals surface area contributed by atoms with Crippen molar-refractivity contribution in [3.8, 4) is 5.75 Å². The summed E-state index contributed by atoms with van der Waals surface area (Å²) in [5, 5.41) is 0. The maximum Gasteiger partial charge on any atom is 0.229 e. The summed E-state index contributed by atoms with van der Waals surface area (Å²) < 4.78 is 30.2. The number of rotatable bonds is 3. The molecule has 0 aromatic heterocycles. The molecule has 0 bridgehead atoms. The summed E-state index contributed by atoms with van der Waals surface area (Å²) in [5.41, 5.74) is 6.59. The first-order chi connectivity index (χ1) is 6.83. The van der Waals surface area contributed by atoms with Crippen LogP contribution in [0.5, 0.6) is 5.75 Å². The number of halogens is 1. The third-order valence-corrected chi connectivity index (χ3v) is 3.10. The quantitative estimate of drug-likeness (QED) is 0.640. The molecule has 1 aromatic rings. The van der Waals surface area contributed by atoms with Gasteiger partial charge >= 0.3 is 0 Å². The van der Waals surface area contributed by atoms with Gasteiger partial charge in [0.15, 0.2) is 0 Å². The van der Waals surface area contributed by atoms with Crippen LogP contribution >= 0.6 is 22.6 Å². The van der Waals surface area contributed by atoms with Gasteiger partial charge < -0.3 is 10.5 Å². The maximum absolute atomic E-state index is 11.1. The van der Waals surface area contributed by atoms with Crippen LogP contribution in [0.25, 0.3) is 0 Å². The van der Waals surface area contributed by atoms with Crippen molar-refractivity contribution in [2.45, 2.75) is 0 Å². The van der Waals surface area contributed by atoms with Gasteiger partial charge in [0, 0.05) is 9.64 Å². The van der Waals surface area contributed by atoms with Crippen LogP contribution in [0.15, 0.2) is 12.1 Å². The second kappa shape index (κ2) is 4.44. The van der Waals surface area contributed by atoms with Gasteiger partial charge in [-0.05, 0) is 28.7 Å². The fraction of sp³-hybridized carbons (Fsp3) is 0.250. The van der Waals surface area contributed by atoms with Crippen LogP contribution in [0.3, 0.4) is 0 Å². The molecule has 7 heteroatoms. The van der Waals surface area contributed by atoms with E-state index in [1.165, 1.54) is 7.11 Å². The van der Waals surface area contributed by atoms with E-state index in [4.69, 9.17) is 10.5 Å². The van der Waals surface area contributed by atoms with E-state index >= 15 is 0 Å². The number of benzene rings is 1. The standard InChI is InChI=1S/C8H11IN2O3S/c1-14-8-4-7(11-15(2,12)13)5(9)3-6(8)10/h3-4,11H,10H2,1-2H3. The second-order valence-corrected chi connectivity index (χ2v) is 5.86. The molecule has 15 heavy (non-hydrogen) atoms. The highest BCUT2D eigenvalue weighted by atomic mass is 127. The van der Waals surface area contributed by atoms with Crippen molar-refractivity contribution < 1.29 is 13.2 Å². The molecular formula is C8H11IN2O3S. The average Bonchev–Trinajstić information content (AvgIpc) is 2.07. The van der Waals surface area contributed by atoms with Gasteiger partial charge in [-0.1, -0.05) is 0 Å². The molecule has 1 rings (SSSR count). The zero-order valence-corrected chi connectivity index (χ0v) is 11.2. The van der Waals surface area contributed by atoms with Crippen molar-refractivity contribution >= 4 is 44.0 Å². The van der Waals surface area contributed by atoms with E-state index in [1.807, 2.05) is 22.6 Å². The molecule has 84 valence electrons. The maximum atomic E-state index is 11.1. The fourth-order valence-electron chi connectivity index (χ4n) is 1.02. The van der Waals surface area contributed by atoms with Crippen molar-refractivity contribution in [1.29, 1.82) is 0 Å². The number of hydrogen-bond acceptors (Lipinski definition) is 4. The molecule has 0 radical (unpaired) electrons. The molecule has 0 saturated carbocycles. The first-order valence-corrected chi connectivity index (χ1v) is 6.91. The smallest absolute Gasteiger partial charge is 0.229 e. The molecule has 0 amide bonds. The minimum Gasteiger partial charge on any atom is -0.495 e. The molecule has 0 unspecified atom stereocenters. The normalized spacial score (nSPS) is 11.1. The largest absolute Gasteiger partial charge is 0.495 e. The van der Waals surface area contributed by atoms with Gasteiger partial charge in [0.25, 0.3) is 0 Å². The Morgan fingerprint density at radius 3 is 2.53 bits per heavy atom. The van der Waals surface area contributed by atoms with E-state index in [9.17, 15) is 8.42 Å². The number of anilines is 2. The van der Waals surface area contributed by atoms with E-state index in [1.54, 1.807) is 12.1 Å². The number of sulfonamides is 1. The van der Waals surface area contributed by atoms with Crippen LogP contribution in [0, 0.1) is 3.57 Å². The Kier molecular flexibility index (Phi) is 3.66. The number of nitrogens with two attached hydrogens (primary N) is 1. The molecule has 0 aliphatic rings. The van der Waals surface area contributed by atoms with Crippen molar-refractivity contribution in [3.63, 3.8) is 0 Å². The zero-order valence-electron chi connectivity index (χ0n) is 8.24. The van der Waals surface area contributed by atoms with Gasteiger partial charge in [-0.25, -0.2) is 8.42 Å². The minimum atomic E-state index is -3.29. The minimum absolute atomic E-state index is 0.446. The lowest BCUT2D eigenvalue weighted by Gasteiger charge is -2.10. The molecule has 0 spiro atoms. The van der Waals surface area contributed by atoms with Crippen LogP contribution in [-0.2, 0) is 10.0 Å². The Balaban J connectivity index is 3.19. The average molecular weight is 342 g/mol. The van der Waals surface area contributed by atoms with Gasteiger partial charge in [0.05, 0.1) is 24.7 Å². The lowest BCUT2D eigenvalue weighted by Crippen LogP contribution is -2.11. The van der Waals surface area contributed by atoms with Crippen LogP contribution in [0.2, 0.25) is 0 Å². The molecule has 0 heterocycles. The van der Waals surface area contributed by atoms with Crippen LogP contribution in [-0.4, -0.2) is 21.8 Å². The zero-order chi connectivity index (χ0) is 11.6. The summed E-state index contributed by atoms with van der Waals surface area (Å²) in [5.74, 6) is 0.446. The van der Waals surface area contributed by atoms with Crippen LogP contribution in [0.4, 0.5) is 11.4 Å². The van der Waals surface area contributed by atoms with E-state index in [2.05, 4.69) is 4.72 Å². The summed E-state index contributed by atoms with van der Waals surface area (Å²) in [6.07, 6.45) is 1.09. The Morgan fingerprint density at radius 2 is 2.07 bits per heavy atom. The molecule has 0 saturated heterocycles. The van der Waals surface area contributed by atoms with E-state index < -0.39 is 10.0 Å². The molecular weight excluding hydrogens is 331 g/mol. The van der Waals surface area contributed by atoms with E-state index in [-0.39, 0.29) is 0 Å². The Bertz CT molecular complexity index is 473. The third-order valence-electron chi connectivity index (χ3n) is 1.61. The molecule has 3 N–H and O–H groups in total. The van der Waals surface area contributed by atoms with Crippen molar-refractivity contribution in [2.24, 2.45) is 0 Å². The summed E-state index contributed by atoms with van der Waals surface area (Å²) in [6.45, 7) is 0. The van der Waals surface area contributed by atoms with Crippen LogP contribution < -0.4 is 15.2 Å². The van der Waals surface area contributed by atoms with Crippen LogP contribution in [0.1, 0.15) is 0 Å². The monoisotopic (exact) mass is 342 g/mol. The SMILES string of the molecule is COc1cc(NS(C)(=O)=O)c(I)cc1N. The highest BCUT2D eigenvalue weighted by Crippen LogP contribution is 2.30. The number of methoxy groups -OCH3 is 1. The van der Waals surface area contributed by atoms with Gasteiger partial charge in [-0.2, -0.15) is 0 Å². The van der Waals surface area contributed by atoms with E-state index in [0.717, 1.165) is 9.83 Å². The number of nitrogen functional groups attached to an aromatic ring is 1. The molecule has 5 nitrogen and oxygen atoms in total. The highest BCUT2D eigenvalue weighted by Gasteiger charge is 2.09. The topological polar surface area (TPSA) is 81.4 Å². The predicted molar refractivity (Wildman–Crippen MR) is 68.6 cm³/mol. The summed E-state index contributed by atoms with van der Waals surface area (Å²) in [4.78, 5) is 0. The Morgan fingerprint density at radius 1 is 1.47 bits per heavy atom. The second-order valence-electron chi connectivity index (χ2n) is 2.95. The number of ether oxygens (including phenoxy) is 1. The first kappa shape index (κ1) is 12.4. The van der Waals surface area contributed by atoms with Crippen molar-refractivity contribution in [1.82, 2.24) is 0 Å². The van der Waals surface area contributed by atoms with Gasteiger partial charge in [0.1, 0.15) is 5.75 Å². The molecule has 0 fully saturated rings. The predicted octanol–water partition coefficient (Wildman–Crippen LogP) is 1.25. The number of hydrogen-bond donors (Lipinski definition) is 2. The third kappa shape index (κ3) is 3.42. The molecule has 0 aliphatic heterocycles. The molecule has 0 atom stereocenters.